The van der Waals surface area contributed by atoms with E-state index in [0.29, 0.717) is 17.4 Å². The number of hydrogen-bond donors (Lipinski definition) is 1. The van der Waals surface area contributed by atoms with E-state index in [1.54, 1.807) is 17.3 Å². The van der Waals surface area contributed by atoms with Gasteiger partial charge in [-0.15, -0.1) is 11.3 Å². The summed E-state index contributed by atoms with van der Waals surface area (Å²) in [7, 11) is 1.74. The van der Waals surface area contributed by atoms with Crippen LogP contribution < -0.4 is 5.32 Å². The zero-order chi connectivity index (χ0) is 16.1. The van der Waals surface area contributed by atoms with E-state index in [1.807, 2.05) is 12.1 Å². The monoisotopic (exact) mass is 317 g/mol. The number of thiazole rings is 1. The van der Waals surface area contributed by atoms with Gasteiger partial charge in [-0.05, 0) is 17.5 Å². The molecule has 0 aliphatic carbocycles. The number of benzene rings is 1. The molecule has 1 aromatic heterocycles. The van der Waals surface area contributed by atoms with Crippen molar-refractivity contribution in [3.63, 3.8) is 0 Å². The van der Waals surface area contributed by atoms with Gasteiger partial charge in [0.15, 0.2) is 5.13 Å². The van der Waals surface area contributed by atoms with Crippen molar-refractivity contribution in [2.45, 2.75) is 26.8 Å². The van der Waals surface area contributed by atoms with Gasteiger partial charge in [-0.1, -0.05) is 31.2 Å². The zero-order valence-electron chi connectivity index (χ0n) is 12.9. The van der Waals surface area contributed by atoms with Crippen molar-refractivity contribution < 1.29 is 9.59 Å². The maximum absolute atomic E-state index is 12.3. The zero-order valence-corrected chi connectivity index (χ0v) is 13.7. The number of hydrogen-bond acceptors (Lipinski definition) is 4. The Morgan fingerprint density at radius 2 is 1.86 bits per heavy atom. The van der Waals surface area contributed by atoms with E-state index >= 15 is 0 Å². The molecule has 2 rings (SSSR count). The fourth-order valence-corrected chi connectivity index (χ4v) is 2.73. The predicted octanol–water partition coefficient (Wildman–Crippen LogP) is 2.94. The summed E-state index contributed by atoms with van der Waals surface area (Å²) in [4.78, 5) is 29.1. The molecule has 0 saturated heterocycles. The molecule has 2 aromatic rings. The second kappa shape index (κ2) is 7.17. The number of aromatic nitrogens is 1. The molecule has 0 aliphatic heterocycles. The molecule has 0 atom stereocenters. The average Bonchev–Trinajstić information content (AvgIpc) is 2.94. The van der Waals surface area contributed by atoms with Gasteiger partial charge in [0, 0.05) is 25.9 Å². The fourth-order valence-electron chi connectivity index (χ4n) is 2.00. The Bertz CT molecular complexity index is 664. The summed E-state index contributed by atoms with van der Waals surface area (Å²) in [6, 6.07) is 8.22. The Morgan fingerprint density at radius 1 is 1.23 bits per heavy atom. The second-order valence-corrected chi connectivity index (χ2v) is 5.91. The molecule has 0 saturated carbocycles. The summed E-state index contributed by atoms with van der Waals surface area (Å²) in [6.45, 7) is 4.05. The maximum atomic E-state index is 12.3. The van der Waals surface area contributed by atoms with Crippen molar-refractivity contribution in [3.05, 3.63) is 46.5 Å². The molecule has 0 fully saturated rings. The summed E-state index contributed by atoms with van der Waals surface area (Å²) in [5, 5.41) is 4.68. The smallest absolute Gasteiger partial charge is 0.273 e. The van der Waals surface area contributed by atoms with Crippen LogP contribution in [0.15, 0.2) is 29.6 Å². The SMILES string of the molecule is CCc1ccc(CN(C)C(=O)c2csc(NC(C)=O)n2)cc1. The molecule has 5 nitrogen and oxygen atoms in total. The first-order valence-electron chi connectivity index (χ1n) is 7.06. The van der Waals surface area contributed by atoms with E-state index in [0.717, 1.165) is 12.0 Å². The number of carbonyl (C=O) groups excluding carboxylic acids is 2. The van der Waals surface area contributed by atoms with Crippen LogP contribution in [0.5, 0.6) is 0 Å². The third kappa shape index (κ3) is 4.14. The molecule has 22 heavy (non-hydrogen) atoms. The van der Waals surface area contributed by atoms with E-state index in [9.17, 15) is 9.59 Å². The van der Waals surface area contributed by atoms with Crippen molar-refractivity contribution in [1.82, 2.24) is 9.88 Å². The lowest BCUT2D eigenvalue weighted by atomic mass is 10.1. The summed E-state index contributed by atoms with van der Waals surface area (Å²) >= 11 is 1.24. The lowest BCUT2D eigenvalue weighted by Crippen LogP contribution is -2.26. The minimum Gasteiger partial charge on any atom is -0.336 e. The van der Waals surface area contributed by atoms with E-state index in [-0.39, 0.29) is 11.8 Å². The average molecular weight is 317 g/mol. The van der Waals surface area contributed by atoms with Crippen molar-refractivity contribution in [2.75, 3.05) is 12.4 Å². The molecule has 0 unspecified atom stereocenters. The highest BCUT2D eigenvalue weighted by Crippen LogP contribution is 2.17. The molecule has 1 aromatic carbocycles. The number of aryl methyl sites for hydroxylation is 1. The van der Waals surface area contributed by atoms with Gasteiger partial charge in [0.05, 0.1) is 0 Å². The van der Waals surface area contributed by atoms with Crippen molar-refractivity contribution in [3.8, 4) is 0 Å². The van der Waals surface area contributed by atoms with Gasteiger partial charge in [-0.2, -0.15) is 0 Å². The molecule has 2 amide bonds. The summed E-state index contributed by atoms with van der Waals surface area (Å²) in [6.07, 6.45) is 1.000. The Labute approximate surface area is 134 Å². The first-order valence-corrected chi connectivity index (χ1v) is 7.94. The highest BCUT2D eigenvalue weighted by Gasteiger charge is 2.16. The lowest BCUT2D eigenvalue weighted by molar-refractivity contribution is -0.114. The van der Waals surface area contributed by atoms with Gasteiger partial charge in [0.1, 0.15) is 5.69 Å². The quantitative estimate of drug-likeness (QED) is 0.922. The van der Waals surface area contributed by atoms with Crippen LogP contribution in [0.25, 0.3) is 0 Å². The van der Waals surface area contributed by atoms with E-state index in [1.165, 1.54) is 23.8 Å². The van der Waals surface area contributed by atoms with Crippen molar-refractivity contribution in [1.29, 1.82) is 0 Å². The maximum Gasteiger partial charge on any atom is 0.273 e. The standard InChI is InChI=1S/C16H19N3O2S/c1-4-12-5-7-13(8-6-12)9-19(3)15(21)14-10-22-16(18-14)17-11(2)20/h5-8,10H,4,9H2,1-3H3,(H,17,18,20). The third-order valence-corrected chi connectivity index (χ3v) is 3.96. The first-order chi connectivity index (χ1) is 10.5. The van der Waals surface area contributed by atoms with Crippen LogP contribution in [0.4, 0.5) is 5.13 Å². The highest BCUT2D eigenvalue weighted by atomic mass is 32.1. The van der Waals surface area contributed by atoms with Gasteiger partial charge in [0.2, 0.25) is 5.91 Å². The highest BCUT2D eigenvalue weighted by molar-refractivity contribution is 7.14. The Balaban J connectivity index is 2.01. The van der Waals surface area contributed by atoms with Crippen molar-refractivity contribution in [2.24, 2.45) is 0 Å². The van der Waals surface area contributed by atoms with Crippen LogP contribution >= 0.6 is 11.3 Å². The molecule has 0 radical (unpaired) electrons. The predicted molar refractivity (Wildman–Crippen MR) is 88.0 cm³/mol. The number of amides is 2. The number of carbonyl (C=O) groups is 2. The van der Waals surface area contributed by atoms with Crippen LogP contribution in [0.3, 0.4) is 0 Å². The summed E-state index contributed by atoms with van der Waals surface area (Å²) in [5.74, 6) is -0.356. The van der Waals surface area contributed by atoms with Crippen LogP contribution in [-0.4, -0.2) is 28.7 Å². The number of nitrogens with one attached hydrogen (secondary N) is 1. The van der Waals surface area contributed by atoms with Crippen molar-refractivity contribution >= 4 is 28.3 Å². The number of nitrogens with zero attached hydrogens (tertiary/aromatic N) is 2. The first kappa shape index (κ1) is 16.2. The number of rotatable bonds is 5. The van der Waals surface area contributed by atoms with Crippen LogP contribution in [0.1, 0.15) is 35.5 Å². The lowest BCUT2D eigenvalue weighted by Gasteiger charge is -2.16. The Hall–Kier alpha value is -2.21. The second-order valence-electron chi connectivity index (χ2n) is 5.05. The largest absolute Gasteiger partial charge is 0.336 e. The summed E-state index contributed by atoms with van der Waals surface area (Å²) in [5.41, 5.74) is 2.70. The molecule has 116 valence electrons. The van der Waals surface area contributed by atoms with Gasteiger partial charge in [0.25, 0.3) is 5.91 Å². The third-order valence-electron chi connectivity index (χ3n) is 3.20. The molecule has 0 spiro atoms. The minimum absolute atomic E-state index is 0.160. The molecule has 1 heterocycles. The molecule has 0 bridgehead atoms. The fraction of sp³-hybridized carbons (Fsp3) is 0.312. The Morgan fingerprint density at radius 3 is 2.45 bits per heavy atom. The van der Waals surface area contributed by atoms with Crippen LogP contribution in [0.2, 0.25) is 0 Å². The normalized spacial score (nSPS) is 10.3. The topological polar surface area (TPSA) is 62.3 Å². The van der Waals surface area contributed by atoms with Crippen LogP contribution in [-0.2, 0) is 17.8 Å². The number of anilines is 1. The molecule has 0 aliphatic rings. The molecular weight excluding hydrogens is 298 g/mol. The van der Waals surface area contributed by atoms with Gasteiger partial charge < -0.3 is 10.2 Å². The minimum atomic E-state index is -0.197. The Kier molecular flexibility index (Phi) is 5.27. The van der Waals surface area contributed by atoms with E-state index in [2.05, 4.69) is 29.4 Å². The molecular formula is C16H19N3O2S. The van der Waals surface area contributed by atoms with Gasteiger partial charge >= 0.3 is 0 Å². The molecule has 6 heteroatoms. The van der Waals surface area contributed by atoms with E-state index < -0.39 is 0 Å². The van der Waals surface area contributed by atoms with Crippen LogP contribution in [0, 0.1) is 0 Å². The van der Waals surface area contributed by atoms with E-state index in [4.69, 9.17) is 0 Å². The summed E-state index contributed by atoms with van der Waals surface area (Å²) < 4.78 is 0. The molecule has 1 N–H and O–H groups in total. The van der Waals surface area contributed by atoms with Gasteiger partial charge in [-0.3, -0.25) is 9.59 Å². The van der Waals surface area contributed by atoms with Gasteiger partial charge in [-0.25, -0.2) is 4.98 Å².